The smallest absolute Gasteiger partial charge is 0.0703 e. The van der Waals surface area contributed by atoms with Gasteiger partial charge in [-0.3, -0.25) is 4.68 Å². The molecule has 1 atom stereocenters. The van der Waals surface area contributed by atoms with E-state index in [1.165, 1.54) is 23.0 Å². The van der Waals surface area contributed by atoms with E-state index in [-0.39, 0.29) is 5.41 Å². The highest BCUT2D eigenvalue weighted by Crippen LogP contribution is 2.25. The predicted octanol–water partition coefficient (Wildman–Crippen LogP) is 3.92. The standard InChI is InChI=1S/C18H29N3/c1-6-13-19-17(18(2,3)4)12-11-15-14-9-7-8-10-16(14)21(5)20-15/h7-10,17,19H,6,11-13H2,1-5H3. The van der Waals surface area contributed by atoms with E-state index in [9.17, 15) is 0 Å². The molecule has 0 fully saturated rings. The molecule has 1 N–H and O–H groups in total. The maximum Gasteiger partial charge on any atom is 0.0703 e. The zero-order valence-electron chi connectivity index (χ0n) is 14.1. The van der Waals surface area contributed by atoms with Crippen LogP contribution in [0.1, 0.15) is 46.2 Å². The first-order chi connectivity index (χ1) is 9.93. The molecule has 1 aromatic heterocycles. The van der Waals surface area contributed by atoms with Crippen molar-refractivity contribution in [3.05, 3.63) is 30.0 Å². The van der Waals surface area contributed by atoms with Crippen molar-refractivity contribution in [1.82, 2.24) is 15.1 Å². The third kappa shape index (κ3) is 3.85. The molecule has 0 aliphatic carbocycles. The van der Waals surface area contributed by atoms with Crippen LogP contribution in [0, 0.1) is 5.41 Å². The summed E-state index contributed by atoms with van der Waals surface area (Å²) < 4.78 is 2.00. The molecule has 0 radical (unpaired) electrons. The normalized spacial score (nSPS) is 13.8. The first kappa shape index (κ1) is 16.0. The lowest BCUT2D eigenvalue weighted by molar-refractivity contribution is 0.255. The lowest BCUT2D eigenvalue weighted by Crippen LogP contribution is -2.41. The molecule has 3 heteroatoms. The maximum absolute atomic E-state index is 4.71. The molecule has 116 valence electrons. The monoisotopic (exact) mass is 287 g/mol. The molecule has 0 amide bonds. The summed E-state index contributed by atoms with van der Waals surface area (Å²) in [4.78, 5) is 0. The third-order valence-electron chi connectivity index (χ3n) is 4.19. The minimum atomic E-state index is 0.278. The Morgan fingerprint density at radius 1 is 1.24 bits per heavy atom. The van der Waals surface area contributed by atoms with Gasteiger partial charge < -0.3 is 5.32 Å². The third-order valence-corrected chi connectivity index (χ3v) is 4.19. The minimum Gasteiger partial charge on any atom is -0.313 e. The Morgan fingerprint density at radius 3 is 2.62 bits per heavy atom. The molecule has 0 bridgehead atoms. The van der Waals surface area contributed by atoms with Gasteiger partial charge in [-0.2, -0.15) is 5.10 Å². The van der Waals surface area contributed by atoms with Crippen LogP contribution < -0.4 is 5.32 Å². The van der Waals surface area contributed by atoms with Gasteiger partial charge in [-0.1, -0.05) is 45.9 Å². The predicted molar refractivity (Wildman–Crippen MR) is 90.6 cm³/mol. The lowest BCUT2D eigenvalue weighted by Gasteiger charge is -2.31. The van der Waals surface area contributed by atoms with Crippen LogP contribution in [0.4, 0.5) is 0 Å². The number of fused-ring (bicyclic) bond motifs is 1. The van der Waals surface area contributed by atoms with Crippen LogP contribution in [-0.4, -0.2) is 22.4 Å². The molecular weight excluding hydrogens is 258 g/mol. The summed E-state index contributed by atoms with van der Waals surface area (Å²) in [6.45, 7) is 10.3. The van der Waals surface area contributed by atoms with Gasteiger partial charge in [0.05, 0.1) is 11.2 Å². The summed E-state index contributed by atoms with van der Waals surface area (Å²) in [5.41, 5.74) is 2.72. The highest BCUT2D eigenvalue weighted by Gasteiger charge is 2.24. The molecule has 0 aliphatic rings. The Balaban J connectivity index is 2.12. The second-order valence-electron chi connectivity index (χ2n) is 7.00. The van der Waals surface area contributed by atoms with Crippen LogP contribution in [0.3, 0.4) is 0 Å². The van der Waals surface area contributed by atoms with Gasteiger partial charge in [0.1, 0.15) is 0 Å². The number of rotatable bonds is 6. The fourth-order valence-corrected chi connectivity index (χ4v) is 2.91. The van der Waals surface area contributed by atoms with Crippen LogP contribution in [0.15, 0.2) is 24.3 Å². The zero-order valence-corrected chi connectivity index (χ0v) is 14.1. The summed E-state index contributed by atoms with van der Waals surface area (Å²) in [6.07, 6.45) is 3.34. The van der Waals surface area contributed by atoms with Crippen LogP contribution >= 0.6 is 0 Å². The number of nitrogens with one attached hydrogen (secondary N) is 1. The molecule has 0 saturated heterocycles. The summed E-state index contributed by atoms with van der Waals surface area (Å²) in [6, 6.07) is 9.03. The maximum atomic E-state index is 4.71. The lowest BCUT2D eigenvalue weighted by atomic mass is 9.83. The molecular formula is C18H29N3. The summed E-state index contributed by atoms with van der Waals surface area (Å²) in [5, 5.41) is 9.71. The van der Waals surface area contributed by atoms with Crippen LogP contribution in [0.2, 0.25) is 0 Å². The average molecular weight is 287 g/mol. The number of benzene rings is 1. The average Bonchev–Trinajstić information content (AvgIpc) is 2.75. The largest absolute Gasteiger partial charge is 0.313 e. The van der Waals surface area contributed by atoms with Crippen molar-refractivity contribution in [2.24, 2.45) is 12.5 Å². The fraction of sp³-hybridized carbons (Fsp3) is 0.611. The SMILES string of the molecule is CCCNC(CCc1nn(C)c2ccccc12)C(C)(C)C. The Hall–Kier alpha value is -1.35. The second-order valence-corrected chi connectivity index (χ2v) is 7.00. The molecule has 1 aromatic carbocycles. The van der Waals surface area contributed by atoms with Crippen molar-refractivity contribution in [2.75, 3.05) is 6.54 Å². The van der Waals surface area contributed by atoms with Crippen molar-refractivity contribution >= 4 is 10.9 Å². The van der Waals surface area contributed by atoms with Crippen LogP contribution in [-0.2, 0) is 13.5 Å². The molecule has 2 rings (SSSR count). The van der Waals surface area contributed by atoms with Gasteiger partial charge in [0.2, 0.25) is 0 Å². The number of para-hydroxylation sites is 1. The van der Waals surface area contributed by atoms with E-state index >= 15 is 0 Å². The van der Waals surface area contributed by atoms with Gasteiger partial charge in [0.15, 0.2) is 0 Å². The van der Waals surface area contributed by atoms with Gasteiger partial charge in [-0.15, -0.1) is 0 Å². The number of aromatic nitrogens is 2. The van der Waals surface area contributed by atoms with Crippen molar-refractivity contribution in [3.63, 3.8) is 0 Å². The van der Waals surface area contributed by atoms with Gasteiger partial charge >= 0.3 is 0 Å². The topological polar surface area (TPSA) is 29.9 Å². The Bertz CT molecular complexity index is 578. The summed E-state index contributed by atoms with van der Waals surface area (Å²) in [5.74, 6) is 0. The van der Waals surface area contributed by atoms with Gasteiger partial charge in [0, 0.05) is 18.5 Å². The molecule has 0 saturated carbocycles. The molecule has 1 heterocycles. The number of aryl methyl sites for hydroxylation is 2. The van der Waals surface area contributed by atoms with E-state index in [4.69, 9.17) is 5.10 Å². The second kappa shape index (κ2) is 6.61. The van der Waals surface area contributed by atoms with E-state index in [2.05, 4.69) is 57.3 Å². The molecule has 2 aromatic rings. The van der Waals surface area contributed by atoms with Gasteiger partial charge in [-0.05, 0) is 37.3 Å². The van der Waals surface area contributed by atoms with E-state index in [0.717, 1.165) is 19.4 Å². The molecule has 0 aliphatic heterocycles. The summed E-state index contributed by atoms with van der Waals surface area (Å²) in [7, 11) is 2.03. The van der Waals surface area contributed by atoms with E-state index in [0.29, 0.717) is 6.04 Å². The van der Waals surface area contributed by atoms with Crippen molar-refractivity contribution in [2.45, 2.75) is 53.0 Å². The zero-order chi connectivity index (χ0) is 15.5. The Morgan fingerprint density at radius 2 is 1.95 bits per heavy atom. The molecule has 1 unspecified atom stereocenters. The highest BCUT2D eigenvalue weighted by molar-refractivity contribution is 5.81. The molecule has 0 spiro atoms. The van der Waals surface area contributed by atoms with Crippen molar-refractivity contribution < 1.29 is 0 Å². The van der Waals surface area contributed by atoms with Crippen molar-refractivity contribution in [1.29, 1.82) is 0 Å². The number of nitrogens with zero attached hydrogens (tertiary/aromatic N) is 2. The van der Waals surface area contributed by atoms with Crippen LogP contribution in [0.5, 0.6) is 0 Å². The van der Waals surface area contributed by atoms with E-state index < -0.39 is 0 Å². The first-order valence-corrected chi connectivity index (χ1v) is 8.07. The first-order valence-electron chi connectivity index (χ1n) is 8.07. The van der Waals surface area contributed by atoms with Crippen LogP contribution in [0.25, 0.3) is 10.9 Å². The number of hydrogen-bond acceptors (Lipinski definition) is 2. The quantitative estimate of drug-likeness (QED) is 0.872. The van der Waals surface area contributed by atoms with E-state index in [1.54, 1.807) is 0 Å². The van der Waals surface area contributed by atoms with Gasteiger partial charge in [-0.25, -0.2) is 0 Å². The number of hydrogen-bond donors (Lipinski definition) is 1. The highest BCUT2D eigenvalue weighted by atomic mass is 15.3. The minimum absolute atomic E-state index is 0.278. The molecule has 21 heavy (non-hydrogen) atoms. The van der Waals surface area contributed by atoms with E-state index in [1.807, 2.05) is 11.7 Å². The molecule has 3 nitrogen and oxygen atoms in total. The van der Waals surface area contributed by atoms with Crippen molar-refractivity contribution in [3.8, 4) is 0 Å². The summed E-state index contributed by atoms with van der Waals surface area (Å²) >= 11 is 0. The fourth-order valence-electron chi connectivity index (χ4n) is 2.91. The Labute approximate surface area is 128 Å². The Kier molecular flexibility index (Phi) is 5.04. The van der Waals surface area contributed by atoms with Gasteiger partial charge in [0.25, 0.3) is 0 Å².